The molecule has 6 nitrogen and oxygen atoms in total. The third kappa shape index (κ3) is 5.13. The SMILES string of the molecule is Cc1ccc(NC(=O)CCN2C(=S)N[C@@H](c3ccccn3)[C@H]2c2ccc(-c3ccc(F)cc3)o2)cc1. The summed E-state index contributed by atoms with van der Waals surface area (Å²) in [5, 5.41) is 6.82. The third-order valence-corrected chi connectivity index (χ3v) is 6.51. The second-order valence-corrected chi connectivity index (χ2v) is 9.08. The van der Waals surface area contributed by atoms with Crippen molar-refractivity contribution < 1.29 is 13.6 Å². The number of rotatable bonds is 7. The lowest BCUT2D eigenvalue weighted by molar-refractivity contribution is -0.116. The van der Waals surface area contributed by atoms with Crippen molar-refractivity contribution >= 4 is 28.9 Å². The summed E-state index contributed by atoms with van der Waals surface area (Å²) in [6, 6.07) is 22.8. The zero-order valence-corrected chi connectivity index (χ0v) is 20.5. The van der Waals surface area contributed by atoms with Crippen molar-refractivity contribution in [3.8, 4) is 11.3 Å². The van der Waals surface area contributed by atoms with Gasteiger partial charge in [0.15, 0.2) is 5.11 Å². The highest BCUT2D eigenvalue weighted by atomic mass is 32.1. The summed E-state index contributed by atoms with van der Waals surface area (Å²) < 4.78 is 19.6. The normalized spacial score (nSPS) is 17.2. The summed E-state index contributed by atoms with van der Waals surface area (Å²) in [5.74, 6) is 0.894. The van der Waals surface area contributed by atoms with Gasteiger partial charge in [-0.15, -0.1) is 0 Å². The Morgan fingerprint density at radius 2 is 1.86 bits per heavy atom. The number of carbonyl (C=O) groups is 1. The van der Waals surface area contributed by atoms with Crippen LogP contribution in [0.15, 0.2) is 89.5 Å². The van der Waals surface area contributed by atoms with Crippen LogP contribution in [0.4, 0.5) is 10.1 Å². The lowest BCUT2D eigenvalue weighted by Crippen LogP contribution is -2.32. The molecule has 4 aromatic rings. The van der Waals surface area contributed by atoms with Gasteiger partial charge in [-0.2, -0.15) is 0 Å². The number of furan rings is 1. The van der Waals surface area contributed by atoms with E-state index in [1.165, 1.54) is 12.1 Å². The van der Waals surface area contributed by atoms with E-state index in [2.05, 4.69) is 15.6 Å². The Balaban J connectivity index is 1.38. The molecule has 2 N–H and O–H groups in total. The number of anilines is 1. The van der Waals surface area contributed by atoms with Crippen molar-refractivity contribution in [1.82, 2.24) is 15.2 Å². The molecule has 0 spiro atoms. The van der Waals surface area contributed by atoms with Gasteiger partial charge in [-0.1, -0.05) is 23.8 Å². The molecule has 0 unspecified atom stereocenters. The fourth-order valence-corrected chi connectivity index (χ4v) is 4.65. The van der Waals surface area contributed by atoms with Crippen LogP contribution in [0, 0.1) is 12.7 Å². The average Bonchev–Trinajstić information content (AvgIpc) is 3.50. The van der Waals surface area contributed by atoms with Crippen LogP contribution < -0.4 is 10.6 Å². The average molecular weight is 501 g/mol. The van der Waals surface area contributed by atoms with Crippen LogP contribution in [0.3, 0.4) is 0 Å². The molecular formula is C28H25FN4O2S. The van der Waals surface area contributed by atoms with Crippen molar-refractivity contribution in [1.29, 1.82) is 0 Å². The maximum atomic E-state index is 13.4. The van der Waals surface area contributed by atoms with Crippen molar-refractivity contribution in [3.63, 3.8) is 0 Å². The lowest BCUT2D eigenvalue weighted by Gasteiger charge is -2.25. The zero-order chi connectivity index (χ0) is 25.1. The van der Waals surface area contributed by atoms with Gasteiger partial charge in [0.1, 0.15) is 23.4 Å². The first-order chi connectivity index (χ1) is 17.5. The fraction of sp³-hybridized carbons (Fsp3) is 0.179. The van der Waals surface area contributed by atoms with Gasteiger partial charge in [0.2, 0.25) is 5.91 Å². The number of halogens is 1. The topological polar surface area (TPSA) is 70.4 Å². The van der Waals surface area contributed by atoms with E-state index in [0.29, 0.717) is 23.2 Å². The largest absolute Gasteiger partial charge is 0.459 e. The number of aryl methyl sites for hydroxylation is 1. The van der Waals surface area contributed by atoms with E-state index in [0.717, 1.165) is 22.5 Å². The molecule has 0 radical (unpaired) electrons. The molecule has 1 saturated heterocycles. The van der Waals surface area contributed by atoms with Crippen LogP contribution >= 0.6 is 12.2 Å². The van der Waals surface area contributed by atoms with Gasteiger partial charge in [-0.25, -0.2) is 4.39 Å². The number of hydrogen-bond acceptors (Lipinski definition) is 4. The third-order valence-electron chi connectivity index (χ3n) is 6.16. The maximum absolute atomic E-state index is 13.4. The predicted octanol–water partition coefficient (Wildman–Crippen LogP) is 5.79. The Morgan fingerprint density at radius 3 is 2.58 bits per heavy atom. The molecule has 0 saturated carbocycles. The molecule has 1 amide bonds. The lowest BCUT2D eigenvalue weighted by atomic mass is 10.0. The molecule has 0 bridgehead atoms. The number of hydrogen-bond donors (Lipinski definition) is 2. The standard InChI is InChI=1S/C28H25FN4O2S/c1-18-5-11-21(12-6-18)31-25(34)15-17-33-27(26(32-28(33)36)22-4-2-3-16-30-22)24-14-13-23(35-24)19-7-9-20(29)10-8-19/h2-14,16,26-27H,15,17H2,1H3,(H,31,34)(H,32,36)/t26-,27+/m0/s1. The minimum absolute atomic E-state index is 0.104. The molecule has 3 heterocycles. The highest BCUT2D eigenvalue weighted by Crippen LogP contribution is 2.40. The Kier molecular flexibility index (Phi) is 6.77. The van der Waals surface area contributed by atoms with E-state index in [-0.39, 0.29) is 30.2 Å². The van der Waals surface area contributed by atoms with Crippen LogP contribution in [0.25, 0.3) is 11.3 Å². The Bertz CT molecular complexity index is 1360. The van der Waals surface area contributed by atoms with Crippen molar-refractivity contribution in [2.24, 2.45) is 0 Å². The first-order valence-electron chi connectivity index (χ1n) is 11.7. The van der Waals surface area contributed by atoms with Gasteiger partial charge in [0, 0.05) is 30.4 Å². The summed E-state index contributed by atoms with van der Waals surface area (Å²) in [6.07, 6.45) is 1.98. The van der Waals surface area contributed by atoms with E-state index in [9.17, 15) is 9.18 Å². The summed E-state index contributed by atoms with van der Waals surface area (Å²) in [6.45, 7) is 2.39. The summed E-state index contributed by atoms with van der Waals surface area (Å²) in [4.78, 5) is 19.2. The highest BCUT2D eigenvalue weighted by Gasteiger charge is 2.41. The minimum atomic E-state index is -0.311. The number of thiocarbonyl (C=S) groups is 1. The van der Waals surface area contributed by atoms with Gasteiger partial charge >= 0.3 is 0 Å². The van der Waals surface area contributed by atoms with E-state index in [1.807, 2.05) is 66.4 Å². The molecule has 1 aliphatic rings. The van der Waals surface area contributed by atoms with Crippen LogP contribution in [0.2, 0.25) is 0 Å². The Morgan fingerprint density at radius 1 is 1.08 bits per heavy atom. The number of pyridine rings is 1. The predicted molar refractivity (Wildman–Crippen MR) is 141 cm³/mol. The van der Waals surface area contributed by atoms with E-state index in [1.54, 1.807) is 18.3 Å². The first kappa shape index (κ1) is 23.7. The molecular weight excluding hydrogens is 475 g/mol. The molecule has 8 heteroatoms. The summed E-state index contributed by atoms with van der Waals surface area (Å²) >= 11 is 5.68. The maximum Gasteiger partial charge on any atom is 0.226 e. The van der Waals surface area contributed by atoms with Gasteiger partial charge in [0.25, 0.3) is 0 Å². The van der Waals surface area contributed by atoms with E-state index in [4.69, 9.17) is 16.6 Å². The van der Waals surface area contributed by atoms with Crippen molar-refractivity contribution in [2.45, 2.75) is 25.4 Å². The molecule has 0 aliphatic carbocycles. The van der Waals surface area contributed by atoms with Crippen molar-refractivity contribution in [2.75, 3.05) is 11.9 Å². The van der Waals surface area contributed by atoms with Crippen LogP contribution in [0.5, 0.6) is 0 Å². The second kappa shape index (κ2) is 10.3. The van der Waals surface area contributed by atoms with Crippen LogP contribution in [-0.4, -0.2) is 27.4 Å². The smallest absolute Gasteiger partial charge is 0.226 e. The van der Waals surface area contributed by atoms with Crippen LogP contribution in [-0.2, 0) is 4.79 Å². The Hall–Kier alpha value is -4.04. The van der Waals surface area contributed by atoms with Crippen molar-refractivity contribution in [3.05, 3.63) is 108 Å². The number of carbonyl (C=O) groups excluding carboxylic acids is 1. The number of benzene rings is 2. The van der Waals surface area contributed by atoms with E-state index >= 15 is 0 Å². The molecule has 36 heavy (non-hydrogen) atoms. The monoisotopic (exact) mass is 500 g/mol. The number of nitrogens with one attached hydrogen (secondary N) is 2. The van der Waals surface area contributed by atoms with Gasteiger partial charge in [0.05, 0.1) is 11.7 Å². The highest BCUT2D eigenvalue weighted by molar-refractivity contribution is 7.80. The Labute approximate surface area is 214 Å². The molecule has 182 valence electrons. The first-order valence-corrected chi connectivity index (χ1v) is 12.1. The van der Waals surface area contributed by atoms with E-state index < -0.39 is 0 Å². The molecule has 2 aromatic heterocycles. The molecule has 1 fully saturated rings. The zero-order valence-electron chi connectivity index (χ0n) is 19.6. The molecule has 5 rings (SSSR count). The number of aromatic nitrogens is 1. The van der Waals surface area contributed by atoms with Gasteiger partial charge < -0.3 is 20.0 Å². The van der Waals surface area contributed by atoms with Crippen LogP contribution in [0.1, 0.15) is 35.5 Å². The molecule has 2 aromatic carbocycles. The summed E-state index contributed by atoms with van der Waals surface area (Å²) in [7, 11) is 0. The minimum Gasteiger partial charge on any atom is -0.459 e. The molecule has 1 aliphatic heterocycles. The molecule has 2 atom stereocenters. The quantitative estimate of drug-likeness (QED) is 0.313. The second-order valence-electron chi connectivity index (χ2n) is 8.69. The fourth-order valence-electron chi connectivity index (χ4n) is 4.32. The van der Waals surface area contributed by atoms with Gasteiger partial charge in [-0.05, 0) is 79.8 Å². The number of amides is 1. The number of nitrogens with zero attached hydrogens (tertiary/aromatic N) is 2. The van der Waals surface area contributed by atoms with Gasteiger partial charge in [-0.3, -0.25) is 9.78 Å². The summed E-state index contributed by atoms with van der Waals surface area (Å²) in [5.41, 5.74) is 3.47.